The van der Waals surface area contributed by atoms with E-state index in [2.05, 4.69) is 10.1 Å². The van der Waals surface area contributed by atoms with Crippen molar-refractivity contribution in [1.29, 1.82) is 0 Å². The maximum atomic E-state index is 4.90. The Balaban J connectivity index is 2.48. The van der Waals surface area contributed by atoms with E-state index in [1.165, 1.54) is 11.3 Å². The predicted octanol–water partition coefficient (Wildman–Crippen LogP) is 1.80. The molecule has 2 aromatic rings. The van der Waals surface area contributed by atoms with Crippen molar-refractivity contribution >= 4 is 11.3 Å². The van der Waals surface area contributed by atoms with Gasteiger partial charge in [-0.3, -0.25) is 4.98 Å². The molecule has 0 saturated heterocycles. The number of hydrogen-bond acceptors (Lipinski definition) is 4. The SMILES string of the molecule is c1cc(-c2cncs2)on1. The average molecular weight is 152 g/mol. The van der Waals surface area contributed by atoms with E-state index < -0.39 is 0 Å². The van der Waals surface area contributed by atoms with Gasteiger partial charge in [0, 0.05) is 12.3 Å². The quantitative estimate of drug-likeness (QED) is 0.625. The van der Waals surface area contributed by atoms with E-state index in [0.29, 0.717) is 0 Å². The van der Waals surface area contributed by atoms with Crippen LogP contribution >= 0.6 is 11.3 Å². The number of aromatic nitrogens is 2. The molecule has 0 amide bonds. The second kappa shape index (κ2) is 2.22. The summed E-state index contributed by atoms with van der Waals surface area (Å²) in [5, 5.41) is 3.58. The molecule has 0 radical (unpaired) electrons. The van der Waals surface area contributed by atoms with Crippen LogP contribution in [-0.2, 0) is 0 Å². The fourth-order valence-corrected chi connectivity index (χ4v) is 1.26. The second-order valence-corrected chi connectivity index (χ2v) is 2.63. The van der Waals surface area contributed by atoms with Gasteiger partial charge in [-0.05, 0) is 0 Å². The molecule has 10 heavy (non-hydrogen) atoms. The molecule has 0 aliphatic rings. The normalized spacial score (nSPS) is 10.0. The zero-order valence-corrected chi connectivity index (χ0v) is 5.84. The van der Waals surface area contributed by atoms with Gasteiger partial charge in [0.05, 0.1) is 16.6 Å². The van der Waals surface area contributed by atoms with Gasteiger partial charge in [0.15, 0.2) is 5.76 Å². The summed E-state index contributed by atoms with van der Waals surface area (Å²) in [7, 11) is 0. The van der Waals surface area contributed by atoms with Crippen LogP contribution in [0, 0.1) is 0 Å². The molecular formula is C6H4N2OS. The first-order chi connectivity index (χ1) is 4.97. The monoisotopic (exact) mass is 152 g/mol. The lowest BCUT2D eigenvalue weighted by Gasteiger charge is -1.81. The van der Waals surface area contributed by atoms with Crippen LogP contribution in [0.1, 0.15) is 0 Å². The number of rotatable bonds is 1. The summed E-state index contributed by atoms with van der Waals surface area (Å²) in [5.41, 5.74) is 1.76. The van der Waals surface area contributed by atoms with E-state index >= 15 is 0 Å². The third kappa shape index (κ3) is 0.823. The Morgan fingerprint density at radius 3 is 3.10 bits per heavy atom. The second-order valence-electron chi connectivity index (χ2n) is 1.74. The molecule has 2 heterocycles. The average Bonchev–Trinajstić information content (AvgIpc) is 2.59. The van der Waals surface area contributed by atoms with Gasteiger partial charge in [0.1, 0.15) is 0 Å². The highest BCUT2D eigenvalue weighted by Crippen LogP contribution is 2.21. The molecule has 4 heteroatoms. The maximum Gasteiger partial charge on any atom is 0.178 e. The first-order valence-corrected chi connectivity index (χ1v) is 3.64. The molecule has 0 unspecified atom stereocenters. The molecule has 0 spiro atoms. The summed E-state index contributed by atoms with van der Waals surface area (Å²) in [6, 6.07) is 1.81. The highest BCUT2D eigenvalue weighted by atomic mass is 32.1. The van der Waals surface area contributed by atoms with Gasteiger partial charge >= 0.3 is 0 Å². The fraction of sp³-hybridized carbons (Fsp3) is 0. The molecule has 0 aliphatic carbocycles. The smallest absolute Gasteiger partial charge is 0.178 e. The van der Waals surface area contributed by atoms with Gasteiger partial charge in [0.25, 0.3) is 0 Å². The number of thiazole rings is 1. The fourth-order valence-electron chi connectivity index (χ4n) is 0.680. The molecule has 0 fully saturated rings. The Morgan fingerprint density at radius 1 is 1.50 bits per heavy atom. The molecular weight excluding hydrogens is 148 g/mol. The van der Waals surface area contributed by atoms with Gasteiger partial charge in [-0.1, -0.05) is 5.16 Å². The molecule has 0 N–H and O–H groups in total. The number of hydrogen-bond donors (Lipinski definition) is 0. The van der Waals surface area contributed by atoms with E-state index in [1.807, 2.05) is 6.07 Å². The molecule has 3 nitrogen and oxygen atoms in total. The molecule has 50 valence electrons. The Kier molecular flexibility index (Phi) is 1.25. The van der Waals surface area contributed by atoms with Crippen LogP contribution in [0.25, 0.3) is 10.6 Å². The van der Waals surface area contributed by atoms with Gasteiger partial charge in [-0.15, -0.1) is 11.3 Å². The Hall–Kier alpha value is -1.16. The van der Waals surface area contributed by atoms with E-state index in [1.54, 1.807) is 17.9 Å². The summed E-state index contributed by atoms with van der Waals surface area (Å²) < 4.78 is 4.90. The molecule has 0 aromatic carbocycles. The van der Waals surface area contributed by atoms with Crippen LogP contribution < -0.4 is 0 Å². The molecule has 0 bridgehead atoms. The molecule has 0 saturated carbocycles. The first-order valence-electron chi connectivity index (χ1n) is 2.76. The van der Waals surface area contributed by atoms with E-state index in [0.717, 1.165) is 10.6 Å². The molecule has 2 rings (SSSR count). The highest BCUT2D eigenvalue weighted by Gasteiger charge is 2.00. The van der Waals surface area contributed by atoms with E-state index in [4.69, 9.17) is 4.52 Å². The largest absolute Gasteiger partial charge is 0.355 e. The lowest BCUT2D eigenvalue weighted by Crippen LogP contribution is -1.61. The van der Waals surface area contributed by atoms with Crippen LogP contribution in [0.3, 0.4) is 0 Å². The highest BCUT2D eigenvalue weighted by molar-refractivity contribution is 7.13. The minimum absolute atomic E-state index is 0.780. The summed E-state index contributed by atoms with van der Waals surface area (Å²) in [4.78, 5) is 4.92. The summed E-state index contributed by atoms with van der Waals surface area (Å²) in [5.74, 6) is 0.780. The van der Waals surface area contributed by atoms with Crippen LogP contribution in [0.2, 0.25) is 0 Å². The minimum atomic E-state index is 0.780. The Bertz CT molecular complexity index is 255. The van der Waals surface area contributed by atoms with Crippen LogP contribution in [0.5, 0.6) is 0 Å². The molecule has 0 aliphatic heterocycles. The van der Waals surface area contributed by atoms with Crippen molar-refractivity contribution in [1.82, 2.24) is 10.1 Å². The third-order valence-electron chi connectivity index (χ3n) is 1.11. The molecule has 0 atom stereocenters. The lowest BCUT2D eigenvalue weighted by molar-refractivity contribution is 0.433. The van der Waals surface area contributed by atoms with Crippen molar-refractivity contribution in [2.75, 3.05) is 0 Å². The van der Waals surface area contributed by atoms with Crippen molar-refractivity contribution < 1.29 is 4.52 Å². The van der Waals surface area contributed by atoms with E-state index in [-0.39, 0.29) is 0 Å². The lowest BCUT2D eigenvalue weighted by atomic mass is 10.4. The van der Waals surface area contributed by atoms with E-state index in [9.17, 15) is 0 Å². The summed E-state index contributed by atoms with van der Waals surface area (Å²) >= 11 is 1.54. The van der Waals surface area contributed by atoms with Crippen molar-refractivity contribution in [3.8, 4) is 10.6 Å². The Labute approximate surface area is 61.3 Å². The zero-order chi connectivity index (χ0) is 6.81. The van der Waals surface area contributed by atoms with Gasteiger partial charge < -0.3 is 4.52 Å². The number of nitrogens with zero attached hydrogens (tertiary/aromatic N) is 2. The van der Waals surface area contributed by atoms with Gasteiger partial charge in [0.2, 0.25) is 0 Å². The van der Waals surface area contributed by atoms with Crippen molar-refractivity contribution in [2.24, 2.45) is 0 Å². The topological polar surface area (TPSA) is 38.9 Å². The van der Waals surface area contributed by atoms with Crippen LogP contribution in [0.4, 0.5) is 0 Å². The summed E-state index contributed by atoms with van der Waals surface area (Å²) in [6.07, 6.45) is 3.38. The Morgan fingerprint density at radius 2 is 2.50 bits per heavy atom. The van der Waals surface area contributed by atoms with Crippen molar-refractivity contribution in [3.05, 3.63) is 24.0 Å². The molecule has 2 aromatic heterocycles. The third-order valence-corrected chi connectivity index (χ3v) is 1.90. The maximum absolute atomic E-state index is 4.90. The zero-order valence-electron chi connectivity index (χ0n) is 5.02. The van der Waals surface area contributed by atoms with Crippen LogP contribution in [-0.4, -0.2) is 10.1 Å². The summed E-state index contributed by atoms with van der Waals surface area (Å²) in [6.45, 7) is 0. The predicted molar refractivity (Wildman–Crippen MR) is 37.6 cm³/mol. The van der Waals surface area contributed by atoms with Crippen molar-refractivity contribution in [3.63, 3.8) is 0 Å². The minimum Gasteiger partial charge on any atom is -0.355 e. The van der Waals surface area contributed by atoms with Gasteiger partial charge in [-0.25, -0.2) is 0 Å². The standard InChI is InChI=1S/C6H4N2OS/c1-2-8-9-5(1)6-3-7-4-10-6/h1-4H. The van der Waals surface area contributed by atoms with Crippen LogP contribution in [0.15, 0.2) is 28.5 Å². The first kappa shape index (κ1) is 5.61. The van der Waals surface area contributed by atoms with Gasteiger partial charge in [-0.2, -0.15) is 0 Å². The van der Waals surface area contributed by atoms with Crippen molar-refractivity contribution in [2.45, 2.75) is 0 Å².